The van der Waals surface area contributed by atoms with Gasteiger partial charge < -0.3 is 10.6 Å². The molecule has 5 nitrogen and oxygen atoms in total. The van der Waals surface area contributed by atoms with Crippen LogP contribution in [-0.4, -0.2) is 22.0 Å². The van der Waals surface area contributed by atoms with E-state index in [0.29, 0.717) is 18.4 Å². The van der Waals surface area contributed by atoms with E-state index in [-0.39, 0.29) is 5.28 Å². The molecular formula is C9H9BrClN5S. The molecule has 0 bridgehead atoms. The third-order valence-corrected chi connectivity index (χ3v) is 3.74. The average molecular weight is 335 g/mol. The van der Waals surface area contributed by atoms with Gasteiger partial charge in [-0.05, 0) is 33.6 Å². The van der Waals surface area contributed by atoms with E-state index >= 15 is 0 Å². The van der Waals surface area contributed by atoms with Crippen LogP contribution in [0.15, 0.2) is 15.9 Å². The van der Waals surface area contributed by atoms with Crippen molar-refractivity contribution >= 4 is 50.8 Å². The van der Waals surface area contributed by atoms with Gasteiger partial charge in [0.15, 0.2) is 0 Å². The standard InChI is InChI=1S/C9H9BrClN5S/c1-12-8-14-7(11)15-9(16-8)13-3-6-2-5(10)4-17-6/h2,4H,3H2,1H3,(H2,12,13,14,15,16). The van der Waals surface area contributed by atoms with Crippen molar-refractivity contribution in [2.45, 2.75) is 6.54 Å². The molecule has 0 aromatic carbocycles. The fourth-order valence-electron chi connectivity index (χ4n) is 1.15. The molecule has 0 atom stereocenters. The summed E-state index contributed by atoms with van der Waals surface area (Å²) in [7, 11) is 1.73. The van der Waals surface area contributed by atoms with Crippen LogP contribution in [-0.2, 0) is 6.54 Å². The first kappa shape index (κ1) is 12.5. The van der Waals surface area contributed by atoms with Crippen molar-refractivity contribution in [2.24, 2.45) is 0 Å². The number of nitrogens with zero attached hydrogens (tertiary/aromatic N) is 3. The molecule has 0 saturated heterocycles. The van der Waals surface area contributed by atoms with Gasteiger partial charge in [-0.1, -0.05) is 0 Å². The zero-order valence-corrected chi connectivity index (χ0v) is 12.0. The molecule has 0 aliphatic carbocycles. The topological polar surface area (TPSA) is 62.7 Å². The van der Waals surface area contributed by atoms with Crippen molar-refractivity contribution in [2.75, 3.05) is 17.7 Å². The number of rotatable bonds is 4. The van der Waals surface area contributed by atoms with Crippen LogP contribution in [0.25, 0.3) is 0 Å². The minimum absolute atomic E-state index is 0.166. The molecule has 2 aromatic rings. The zero-order valence-electron chi connectivity index (χ0n) is 8.87. The number of anilines is 2. The molecule has 0 amide bonds. The Morgan fingerprint density at radius 1 is 1.35 bits per heavy atom. The first-order valence-electron chi connectivity index (χ1n) is 4.73. The number of thiophene rings is 1. The predicted octanol–water partition coefficient (Wildman–Crippen LogP) is 3.00. The van der Waals surface area contributed by atoms with Crippen molar-refractivity contribution in [1.82, 2.24) is 15.0 Å². The lowest BCUT2D eigenvalue weighted by Crippen LogP contribution is -2.06. The first-order valence-corrected chi connectivity index (χ1v) is 6.78. The summed E-state index contributed by atoms with van der Waals surface area (Å²) in [6.45, 7) is 0.653. The lowest BCUT2D eigenvalue weighted by atomic mass is 10.5. The normalized spacial score (nSPS) is 10.3. The summed E-state index contributed by atoms with van der Waals surface area (Å²) in [5.74, 6) is 0.902. The Labute approximate surface area is 116 Å². The molecule has 2 aromatic heterocycles. The Kier molecular flexibility index (Phi) is 4.14. The van der Waals surface area contributed by atoms with E-state index in [0.717, 1.165) is 4.47 Å². The highest BCUT2D eigenvalue weighted by molar-refractivity contribution is 9.10. The van der Waals surface area contributed by atoms with E-state index in [1.54, 1.807) is 18.4 Å². The van der Waals surface area contributed by atoms with Crippen LogP contribution in [0.4, 0.5) is 11.9 Å². The number of hydrogen-bond donors (Lipinski definition) is 2. The summed E-state index contributed by atoms with van der Waals surface area (Å²) in [5.41, 5.74) is 0. The number of aromatic nitrogens is 3. The molecule has 0 saturated carbocycles. The van der Waals surface area contributed by atoms with Gasteiger partial charge in [-0.3, -0.25) is 0 Å². The molecule has 0 spiro atoms. The smallest absolute Gasteiger partial charge is 0.229 e. The van der Waals surface area contributed by atoms with Gasteiger partial charge in [0.1, 0.15) is 0 Å². The molecule has 8 heteroatoms. The van der Waals surface area contributed by atoms with Crippen LogP contribution < -0.4 is 10.6 Å². The highest BCUT2D eigenvalue weighted by Gasteiger charge is 2.04. The van der Waals surface area contributed by atoms with Crippen molar-refractivity contribution in [3.63, 3.8) is 0 Å². The second-order valence-corrected chi connectivity index (χ2v) is 5.34. The second-order valence-electron chi connectivity index (χ2n) is 3.09. The van der Waals surface area contributed by atoms with E-state index in [9.17, 15) is 0 Å². The molecule has 0 fully saturated rings. The minimum atomic E-state index is 0.166. The maximum Gasteiger partial charge on any atom is 0.229 e. The largest absolute Gasteiger partial charge is 0.357 e. The molecule has 0 aliphatic heterocycles. The molecule has 2 rings (SSSR count). The second kappa shape index (κ2) is 5.61. The van der Waals surface area contributed by atoms with Crippen molar-refractivity contribution in [1.29, 1.82) is 0 Å². The Morgan fingerprint density at radius 3 is 2.76 bits per heavy atom. The molecule has 0 radical (unpaired) electrons. The van der Waals surface area contributed by atoms with Crippen molar-refractivity contribution in [3.8, 4) is 0 Å². The molecular weight excluding hydrogens is 326 g/mol. The van der Waals surface area contributed by atoms with E-state index in [1.807, 2.05) is 11.4 Å². The van der Waals surface area contributed by atoms with Gasteiger partial charge in [0.2, 0.25) is 17.2 Å². The Balaban J connectivity index is 2.05. The Bertz CT molecular complexity index is 518. The van der Waals surface area contributed by atoms with Gasteiger partial charge in [-0.25, -0.2) is 0 Å². The Morgan fingerprint density at radius 2 is 2.12 bits per heavy atom. The molecule has 0 aliphatic rings. The van der Waals surface area contributed by atoms with Crippen LogP contribution >= 0.6 is 38.9 Å². The fourth-order valence-corrected chi connectivity index (χ4v) is 2.70. The lowest BCUT2D eigenvalue weighted by molar-refractivity contribution is 1.01. The molecule has 90 valence electrons. The van der Waals surface area contributed by atoms with Crippen molar-refractivity contribution in [3.05, 3.63) is 26.1 Å². The summed E-state index contributed by atoms with van der Waals surface area (Å²) in [6.07, 6.45) is 0. The van der Waals surface area contributed by atoms with Crippen LogP contribution in [0.3, 0.4) is 0 Å². The summed E-state index contributed by atoms with van der Waals surface area (Å²) >= 11 is 10.8. The van der Waals surface area contributed by atoms with E-state index in [1.165, 1.54) is 4.88 Å². The zero-order chi connectivity index (χ0) is 12.3. The number of nitrogens with one attached hydrogen (secondary N) is 2. The highest BCUT2D eigenvalue weighted by atomic mass is 79.9. The van der Waals surface area contributed by atoms with Crippen LogP contribution in [0.5, 0.6) is 0 Å². The molecule has 2 N–H and O–H groups in total. The van der Waals surface area contributed by atoms with E-state index in [4.69, 9.17) is 11.6 Å². The summed E-state index contributed by atoms with van der Waals surface area (Å²) in [4.78, 5) is 13.2. The van der Waals surface area contributed by atoms with E-state index < -0.39 is 0 Å². The monoisotopic (exact) mass is 333 g/mol. The molecule has 2 heterocycles. The van der Waals surface area contributed by atoms with Crippen LogP contribution in [0.1, 0.15) is 4.88 Å². The van der Waals surface area contributed by atoms with Crippen LogP contribution in [0.2, 0.25) is 5.28 Å². The molecule has 0 unspecified atom stereocenters. The lowest BCUT2D eigenvalue weighted by Gasteiger charge is -2.04. The van der Waals surface area contributed by atoms with Gasteiger partial charge >= 0.3 is 0 Å². The number of halogens is 2. The first-order chi connectivity index (χ1) is 8.17. The molecule has 17 heavy (non-hydrogen) atoms. The van der Waals surface area contributed by atoms with Gasteiger partial charge in [0, 0.05) is 21.8 Å². The van der Waals surface area contributed by atoms with Crippen molar-refractivity contribution < 1.29 is 0 Å². The Hall–Kier alpha value is -0.920. The summed E-state index contributed by atoms with van der Waals surface area (Å²) < 4.78 is 1.07. The van der Waals surface area contributed by atoms with Gasteiger partial charge in [0.05, 0.1) is 6.54 Å². The number of hydrogen-bond acceptors (Lipinski definition) is 6. The van der Waals surface area contributed by atoms with Crippen LogP contribution in [0, 0.1) is 0 Å². The summed E-state index contributed by atoms with van der Waals surface area (Å²) in [5, 5.41) is 8.10. The van der Waals surface area contributed by atoms with Gasteiger partial charge in [0.25, 0.3) is 0 Å². The maximum absolute atomic E-state index is 5.77. The summed E-state index contributed by atoms with van der Waals surface area (Å²) in [6, 6.07) is 2.04. The highest BCUT2D eigenvalue weighted by Crippen LogP contribution is 2.20. The van der Waals surface area contributed by atoms with Gasteiger partial charge in [-0.2, -0.15) is 15.0 Å². The average Bonchev–Trinajstić information content (AvgIpc) is 2.72. The maximum atomic E-state index is 5.77. The minimum Gasteiger partial charge on any atom is -0.357 e. The van der Waals surface area contributed by atoms with E-state index in [2.05, 4.69) is 41.5 Å². The fraction of sp³-hybridized carbons (Fsp3) is 0.222. The predicted molar refractivity (Wildman–Crippen MR) is 73.7 cm³/mol. The third kappa shape index (κ3) is 3.52. The van der Waals surface area contributed by atoms with Gasteiger partial charge in [-0.15, -0.1) is 11.3 Å². The SMILES string of the molecule is CNc1nc(Cl)nc(NCc2cc(Br)cs2)n1. The third-order valence-electron chi connectivity index (χ3n) is 1.87. The quantitative estimate of drug-likeness (QED) is 0.900.